The van der Waals surface area contributed by atoms with Gasteiger partial charge in [0.05, 0.1) is 5.69 Å². The Hall–Kier alpha value is -3.01. The highest BCUT2D eigenvalue weighted by Gasteiger charge is 2.46. The van der Waals surface area contributed by atoms with Gasteiger partial charge in [0.2, 0.25) is 5.56 Å². The van der Waals surface area contributed by atoms with Crippen molar-refractivity contribution >= 4 is 12.3 Å². The molecular weight excluding hydrogens is 334 g/mol. The van der Waals surface area contributed by atoms with Crippen LogP contribution < -0.4 is 5.56 Å². The Labute approximate surface area is 159 Å². The van der Waals surface area contributed by atoms with Crippen molar-refractivity contribution in [1.82, 2.24) is 9.97 Å². The van der Waals surface area contributed by atoms with Crippen molar-refractivity contribution in [3.05, 3.63) is 93.2 Å². The molecule has 0 saturated heterocycles. The number of rotatable bonds is 3. The minimum absolute atomic E-state index is 0.0503. The Morgan fingerprint density at radius 3 is 2.96 bits per heavy atom. The predicted octanol–water partition coefficient (Wildman–Crippen LogP) is 4.22. The van der Waals surface area contributed by atoms with Crippen LogP contribution >= 0.6 is 0 Å². The molecule has 0 radical (unpaired) electrons. The summed E-state index contributed by atoms with van der Waals surface area (Å²) in [7, 11) is 0. The third-order valence-corrected chi connectivity index (χ3v) is 5.41. The molecule has 2 aliphatic carbocycles. The average Bonchev–Trinajstić information content (AvgIpc) is 2.65. The van der Waals surface area contributed by atoms with Crippen LogP contribution in [-0.4, -0.2) is 16.2 Å². The zero-order chi connectivity index (χ0) is 18.9. The molecule has 0 amide bonds. The number of fused-ring (bicyclic) bond motifs is 4. The molecule has 2 bridgehead atoms. The fraction of sp³-hybridized carbons (Fsp3) is 0.261. The molecule has 2 aliphatic rings. The number of allylic oxidation sites excluding steroid dienone is 3. The van der Waals surface area contributed by atoms with E-state index in [0.717, 1.165) is 29.8 Å². The number of aromatic amines is 1. The molecular formula is C23H23N3O. The van der Waals surface area contributed by atoms with E-state index < -0.39 is 5.54 Å². The summed E-state index contributed by atoms with van der Waals surface area (Å²) in [4.78, 5) is 24.3. The zero-order valence-electron chi connectivity index (χ0n) is 15.6. The maximum atomic E-state index is 11.9. The first kappa shape index (κ1) is 17.4. The van der Waals surface area contributed by atoms with E-state index in [1.54, 1.807) is 12.3 Å². The fourth-order valence-corrected chi connectivity index (χ4v) is 4.44. The summed E-state index contributed by atoms with van der Waals surface area (Å²) in [5.41, 5.74) is 5.19. The lowest BCUT2D eigenvalue weighted by Crippen LogP contribution is -2.40. The second-order valence-electron chi connectivity index (χ2n) is 7.21. The van der Waals surface area contributed by atoms with E-state index in [1.807, 2.05) is 42.6 Å². The van der Waals surface area contributed by atoms with E-state index in [-0.39, 0.29) is 11.5 Å². The van der Waals surface area contributed by atoms with Gasteiger partial charge in [-0.25, -0.2) is 0 Å². The molecule has 0 aliphatic heterocycles. The number of pyridine rings is 2. The van der Waals surface area contributed by atoms with Gasteiger partial charge in [0.25, 0.3) is 0 Å². The molecule has 2 atom stereocenters. The van der Waals surface area contributed by atoms with Crippen molar-refractivity contribution in [3.63, 3.8) is 0 Å². The summed E-state index contributed by atoms with van der Waals surface area (Å²) >= 11 is 0. The van der Waals surface area contributed by atoms with Crippen LogP contribution in [-0.2, 0) is 12.0 Å². The molecule has 4 nitrogen and oxygen atoms in total. The Morgan fingerprint density at radius 2 is 2.19 bits per heavy atom. The molecule has 0 spiro atoms. The van der Waals surface area contributed by atoms with Gasteiger partial charge in [0.15, 0.2) is 0 Å². The van der Waals surface area contributed by atoms with E-state index in [4.69, 9.17) is 4.99 Å². The third-order valence-electron chi connectivity index (χ3n) is 5.41. The standard InChI is InChI=1S/C23H23N3O/c1-3-19-17-13-16(2)15-23(19,20-9-10-22(27)26-21(20)14-17)25-12-6-8-18-7-4-5-11-24-18/h3-13,17H,14-15H2,1-2H3,(H,26,27)/b8-6+,19-3+,25-12?/t17-,23+/m0/s1. The second kappa shape index (κ2) is 6.95. The Morgan fingerprint density at radius 1 is 1.30 bits per heavy atom. The molecule has 0 aromatic carbocycles. The number of aliphatic imine (C=N–C) groups is 1. The molecule has 136 valence electrons. The van der Waals surface area contributed by atoms with Gasteiger partial charge in [-0.2, -0.15) is 0 Å². The molecule has 4 rings (SSSR count). The van der Waals surface area contributed by atoms with Gasteiger partial charge in [-0.15, -0.1) is 0 Å². The number of H-pyrrole nitrogens is 1. The fourth-order valence-electron chi connectivity index (χ4n) is 4.44. The largest absolute Gasteiger partial charge is 0.326 e. The maximum Gasteiger partial charge on any atom is 0.248 e. The van der Waals surface area contributed by atoms with Crippen molar-refractivity contribution in [3.8, 4) is 0 Å². The maximum absolute atomic E-state index is 11.9. The number of nitrogens with one attached hydrogen (secondary N) is 1. The Kier molecular flexibility index (Phi) is 4.48. The number of nitrogens with zero attached hydrogens (tertiary/aromatic N) is 2. The molecule has 0 fully saturated rings. The smallest absolute Gasteiger partial charge is 0.248 e. The monoisotopic (exact) mass is 357 g/mol. The van der Waals surface area contributed by atoms with E-state index in [2.05, 4.69) is 36.0 Å². The van der Waals surface area contributed by atoms with Crippen LogP contribution in [0.5, 0.6) is 0 Å². The molecule has 1 N–H and O–H groups in total. The van der Waals surface area contributed by atoms with Crippen molar-refractivity contribution in [2.75, 3.05) is 0 Å². The van der Waals surface area contributed by atoms with Crippen LogP contribution in [0.1, 0.15) is 37.2 Å². The average molecular weight is 357 g/mol. The third kappa shape index (κ3) is 3.12. The molecule has 2 aromatic rings. The summed E-state index contributed by atoms with van der Waals surface area (Å²) in [6.45, 7) is 4.26. The van der Waals surface area contributed by atoms with E-state index in [1.165, 1.54) is 11.1 Å². The Bertz CT molecular complexity index is 1030. The van der Waals surface area contributed by atoms with E-state index in [0.29, 0.717) is 0 Å². The van der Waals surface area contributed by atoms with Gasteiger partial charge in [-0.05, 0) is 56.2 Å². The van der Waals surface area contributed by atoms with Gasteiger partial charge in [0.1, 0.15) is 5.54 Å². The lowest BCUT2D eigenvalue weighted by molar-refractivity contribution is 0.413. The first-order valence-corrected chi connectivity index (χ1v) is 9.32. The first-order chi connectivity index (χ1) is 13.1. The van der Waals surface area contributed by atoms with Crippen molar-refractivity contribution in [2.45, 2.75) is 32.2 Å². The lowest BCUT2D eigenvalue weighted by atomic mass is 9.63. The van der Waals surface area contributed by atoms with Crippen molar-refractivity contribution in [1.29, 1.82) is 0 Å². The van der Waals surface area contributed by atoms with Crippen molar-refractivity contribution in [2.24, 2.45) is 10.9 Å². The zero-order valence-corrected chi connectivity index (χ0v) is 15.6. The first-order valence-electron chi connectivity index (χ1n) is 9.32. The van der Waals surface area contributed by atoms with Crippen LogP contribution in [0.2, 0.25) is 0 Å². The SMILES string of the molecule is C/C=C1\[C@H]2C=C(C)C[C@]1(N=C/C=C/c1ccccn1)c1ccc(=O)[nH]c1C2. The van der Waals surface area contributed by atoms with Crippen LogP contribution in [0.3, 0.4) is 0 Å². The summed E-state index contributed by atoms with van der Waals surface area (Å²) in [5, 5.41) is 0. The molecule has 2 heterocycles. The van der Waals surface area contributed by atoms with Gasteiger partial charge in [0, 0.05) is 42.1 Å². The highest BCUT2D eigenvalue weighted by atomic mass is 16.1. The van der Waals surface area contributed by atoms with Gasteiger partial charge in [-0.1, -0.05) is 23.8 Å². The van der Waals surface area contributed by atoms with Crippen LogP contribution in [0.4, 0.5) is 0 Å². The lowest BCUT2D eigenvalue weighted by Gasteiger charge is -2.45. The van der Waals surface area contributed by atoms with Gasteiger partial charge < -0.3 is 4.98 Å². The van der Waals surface area contributed by atoms with Crippen LogP contribution in [0, 0.1) is 5.92 Å². The molecule has 2 aromatic heterocycles. The number of hydrogen-bond acceptors (Lipinski definition) is 3. The summed E-state index contributed by atoms with van der Waals surface area (Å²) in [6.07, 6.45) is 13.7. The predicted molar refractivity (Wildman–Crippen MR) is 110 cm³/mol. The Balaban J connectivity index is 1.79. The quantitative estimate of drug-likeness (QED) is 0.660. The molecule has 4 heteroatoms. The molecule has 0 saturated carbocycles. The van der Waals surface area contributed by atoms with E-state index in [9.17, 15) is 4.79 Å². The van der Waals surface area contributed by atoms with Crippen LogP contribution in [0.25, 0.3) is 6.08 Å². The summed E-state index contributed by atoms with van der Waals surface area (Å²) in [5.74, 6) is 0.284. The number of hydrogen-bond donors (Lipinski definition) is 1. The van der Waals surface area contributed by atoms with E-state index >= 15 is 0 Å². The van der Waals surface area contributed by atoms with Gasteiger partial charge >= 0.3 is 0 Å². The summed E-state index contributed by atoms with van der Waals surface area (Å²) in [6, 6.07) is 9.39. The minimum atomic E-state index is -0.440. The normalized spacial score (nSPS) is 25.8. The minimum Gasteiger partial charge on any atom is -0.326 e. The number of aromatic nitrogens is 2. The van der Waals surface area contributed by atoms with Crippen molar-refractivity contribution < 1.29 is 0 Å². The molecule has 0 unspecified atom stereocenters. The van der Waals surface area contributed by atoms with Gasteiger partial charge in [-0.3, -0.25) is 14.8 Å². The highest BCUT2D eigenvalue weighted by molar-refractivity contribution is 5.78. The van der Waals surface area contributed by atoms with Crippen LogP contribution in [0.15, 0.2) is 75.7 Å². The topological polar surface area (TPSA) is 58.1 Å². The summed E-state index contributed by atoms with van der Waals surface area (Å²) < 4.78 is 0. The highest BCUT2D eigenvalue weighted by Crippen LogP contribution is 2.51. The molecule has 27 heavy (non-hydrogen) atoms. The second-order valence-corrected chi connectivity index (χ2v) is 7.21.